The van der Waals surface area contributed by atoms with Crippen LogP contribution in [0.3, 0.4) is 0 Å². The van der Waals surface area contributed by atoms with Crippen LogP contribution >= 0.6 is 15.9 Å². The molecule has 1 aliphatic rings. The number of amides is 1. The van der Waals surface area contributed by atoms with Crippen molar-refractivity contribution >= 4 is 27.4 Å². The number of hydroxylamine groups is 2. The van der Waals surface area contributed by atoms with Crippen molar-refractivity contribution in [3.8, 4) is 0 Å². The fraction of sp³-hybridized carbons (Fsp3) is 0.471. The second kappa shape index (κ2) is 6.63. The number of carbonyl (C=O) groups excluding carboxylic acids is 1. The van der Waals surface area contributed by atoms with Crippen LogP contribution in [0.1, 0.15) is 37.5 Å². The van der Waals surface area contributed by atoms with Gasteiger partial charge in [0.15, 0.2) is 6.79 Å². The smallest absolute Gasteiger partial charge is 0.282 e. The Morgan fingerprint density at radius 1 is 1.30 bits per heavy atom. The lowest BCUT2D eigenvalue weighted by atomic mass is 9.95. The van der Waals surface area contributed by atoms with Crippen molar-refractivity contribution in [2.75, 3.05) is 13.4 Å². The van der Waals surface area contributed by atoms with Gasteiger partial charge in [-0.2, -0.15) is 0 Å². The van der Waals surface area contributed by atoms with Crippen LogP contribution in [0, 0.1) is 13.8 Å². The van der Waals surface area contributed by atoms with Crippen molar-refractivity contribution in [2.24, 2.45) is 0 Å². The summed E-state index contributed by atoms with van der Waals surface area (Å²) < 4.78 is 5.92. The summed E-state index contributed by atoms with van der Waals surface area (Å²) in [5.41, 5.74) is 1.98. The first-order chi connectivity index (χ1) is 10.7. The minimum Gasteiger partial charge on any atom is -0.509 e. The molecule has 0 radical (unpaired) electrons. The van der Waals surface area contributed by atoms with Gasteiger partial charge >= 0.3 is 0 Å². The van der Waals surface area contributed by atoms with Gasteiger partial charge in [-0.05, 0) is 51.8 Å². The average molecular weight is 384 g/mol. The van der Waals surface area contributed by atoms with E-state index in [1.54, 1.807) is 13.8 Å². The first-order valence-electron chi connectivity index (χ1n) is 7.47. The number of nitrogens with zero attached hydrogens (tertiary/aromatic N) is 1. The molecule has 1 N–H and O–H groups in total. The molecular weight excluding hydrogens is 362 g/mol. The van der Waals surface area contributed by atoms with Crippen LogP contribution in [0.4, 0.5) is 0 Å². The third kappa shape index (κ3) is 3.16. The van der Waals surface area contributed by atoms with Crippen molar-refractivity contribution in [1.82, 2.24) is 5.06 Å². The summed E-state index contributed by atoms with van der Waals surface area (Å²) in [4.78, 5) is 18.3. The summed E-state index contributed by atoms with van der Waals surface area (Å²) >= 11 is 3.50. The monoisotopic (exact) mass is 383 g/mol. The predicted molar refractivity (Wildman–Crippen MR) is 91.7 cm³/mol. The molecular formula is C17H22BrNO4. The third-order valence-corrected chi connectivity index (χ3v) is 4.50. The van der Waals surface area contributed by atoms with Gasteiger partial charge in [0.1, 0.15) is 11.3 Å². The van der Waals surface area contributed by atoms with Crippen molar-refractivity contribution in [3.05, 3.63) is 39.1 Å². The highest BCUT2D eigenvalue weighted by Gasteiger charge is 2.48. The molecule has 0 aromatic heterocycles. The lowest BCUT2D eigenvalue weighted by Crippen LogP contribution is -2.44. The van der Waals surface area contributed by atoms with E-state index in [1.807, 2.05) is 32.9 Å². The van der Waals surface area contributed by atoms with E-state index < -0.39 is 5.54 Å². The van der Waals surface area contributed by atoms with Crippen molar-refractivity contribution in [3.63, 3.8) is 0 Å². The Kier molecular flexibility index (Phi) is 5.18. The SMILES string of the molecule is CCOCON1C(=O)C(c2c(C)cc(C)cc2Br)=C(O)C1(C)C. The number of halogens is 1. The van der Waals surface area contributed by atoms with Gasteiger partial charge in [0.05, 0.1) is 5.57 Å². The van der Waals surface area contributed by atoms with E-state index in [0.717, 1.165) is 15.6 Å². The molecule has 1 aliphatic heterocycles. The molecule has 2 rings (SSSR count). The normalized spacial score (nSPS) is 17.3. The molecule has 0 saturated carbocycles. The summed E-state index contributed by atoms with van der Waals surface area (Å²) in [5.74, 6) is -0.383. The molecule has 1 aromatic carbocycles. The van der Waals surface area contributed by atoms with Crippen LogP contribution in [-0.4, -0.2) is 35.0 Å². The number of aliphatic hydroxyl groups excluding tert-OH is 1. The molecule has 0 spiro atoms. The van der Waals surface area contributed by atoms with E-state index in [9.17, 15) is 9.90 Å². The minimum atomic E-state index is -0.958. The van der Waals surface area contributed by atoms with Crippen molar-refractivity contribution < 1.29 is 19.5 Å². The van der Waals surface area contributed by atoms with Crippen LogP contribution in [0.2, 0.25) is 0 Å². The van der Waals surface area contributed by atoms with Gasteiger partial charge in [-0.3, -0.25) is 4.79 Å². The van der Waals surface area contributed by atoms with Crippen LogP contribution in [-0.2, 0) is 14.4 Å². The van der Waals surface area contributed by atoms with Crippen molar-refractivity contribution in [2.45, 2.75) is 40.2 Å². The van der Waals surface area contributed by atoms with Gasteiger partial charge in [0.25, 0.3) is 5.91 Å². The Morgan fingerprint density at radius 3 is 2.52 bits per heavy atom. The summed E-state index contributed by atoms with van der Waals surface area (Å²) in [6, 6.07) is 3.90. The Morgan fingerprint density at radius 2 is 1.96 bits per heavy atom. The molecule has 5 nitrogen and oxygen atoms in total. The fourth-order valence-electron chi connectivity index (χ4n) is 2.71. The highest BCUT2D eigenvalue weighted by molar-refractivity contribution is 9.10. The molecule has 1 amide bonds. The average Bonchev–Trinajstić information content (AvgIpc) is 2.60. The highest BCUT2D eigenvalue weighted by atomic mass is 79.9. The number of hydrogen-bond donors (Lipinski definition) is 1. The van der Waals surface area contributed by atoms with Crippen LogP contribution in [0.5, 0.6) is 0 Å². The number of benzene rings is 1. The topological polar surface area (TPSA) is 59.0 Å². The second-order valence-corrected chi connectivity index (χ2v) is 6.91. The molecule has 0 aliphatic carbocycles. The van der Waals surface area contributed by atoms with E-state index >= 15 is 0 Å². The van der Waals surface area contributed by atoms with E-state index in [4.69, 9.17) is 9.57 Å². The summed E-state index contributed by atoms with van der Waals surface area (Å²) in [5, 5.41) is 11.8. The first-order valence-corrected chi connectivity index (χ1v) is 8.27. The zero-order chi connectivity index (χ0) is 17.4. The molecule has 126 valence electrons. The maximum atomic E-state index is 12.8. The molecule has 6 heteroatoms. The van der Waals surface area contributed by atoms with Crippen LogP contribution < -0.4 is 0 Å². The van der Waals surface area contributed by atoms with E-state index in [2.05, 4.69) is 15.9 Å². The Hall–Kier alpha value is -1.37. The lowest BCUT2D eigenvalue weighted by molar-refractivity contribution is -0.242. The predicted octanol–water partition coefficient (Wildman–Crippen LogP) is 3.88. The minimum absolute atomic E-state index is 0.00773. The van der Waals surface area contributed by atoms with E-state index in [-0.39, 0.29) is 24.0 Å². The lowest BCUT2D eigenvalue weighted by Gasteiger charge is -2.30. The van der Waals surface area contributed by atoms with Gasteiger partial charge in [-0.15, -0.1) is 0 Å². The molecule has 1 heterocycles. The number of hydrogen-bond acceptors (Lipinski definition) is 4. The molecule has 0 atom stereocenters. The first kappa shape index (κ1) is 18.0. The molecule has 0 unspecified atom stereocenters. The van der Waals surface area contributed by atoms with Gasteiger partial charge in [-0.25, -0.2) is 9.90 Å². The second-order valence-electron chi connectivity index (χ2n) is 6.06. The van der Waals surface area contributed by atoms with Gasteiger partial charge in [-0.1, -0.05) is 22.0 Å². The van der Waals surface area contributed by atoms with Gasteiger partial charge in [0, 0.05) is 16.6 Å². The number of carbonyl (C=O) groups is 1. The number of ether oxygens (including phenoxy) is 1. The highest BCUT2D eigenvalue weighted by Crippen LogP contribution is 2.42. The number of aryl methyl sites for hydroxylation is 2. The number of aliphatic hydroxyl groups is 1. The zero-order valence-electron chi connectivity index (χ0n) is 14.1. The fourth-order valence-corrected chi connectivity index (χ4v) is 3.58. The Balaban J connectivity index is 2.47. The quantitative estimate of drug-likeness (QED) is 0.618. The summed E-state index contributed by atoms with van der Waals surface area (Å²) in [6.45, 7) is 9.64. The van der Waals surface area contributed by atoms with Crippen LogP contribution in [0.15, 0.2) is 22.4 Å². The maximum absolute atomic E-state index is 12.8. The molecule has 23 heavy (non-hydrogen) atoms. The maximum Gasteiger partial charge on any atom is 0.282 e. The third-order valence-electron chi connectivity index (χ3n) is 3.87. The largest absolute Gasteiger partial charge is 0.509 e. The summed E-state index contributed by atoms with van der Waals surface area (Å²) in [7, 11) is 0. The van der Waals surface area contributed by atoms with E-state index in [1.165, 1.54) is 5.06 Å². The molecule has 0 bridgehead atoms. The Bertz CT molecular complexity index is 644. The Labute approximate surface area is 145 Å². The van der Waals surface area contributed by atoms with Crippen LogP contribution in [0.25, 0.3) is 5.57 Å². The molecule has 0 fully saturated rings. The molecule has 1 aromatic rings. The van der Waals surface area contributed by atoms with Gasteiger partial charge < -0.3 is 9.84 Å². The van der Waals surface area contributed by atoms with E-state index in [0.29, 0.717) is 12.2 Å². The molecule has 0 saturated heterocycles. The van der Waals surface area contributed by atoms with Crippen molar-refractivity contribution in [1.29, 1.82) is 0 Å². The standard InChI is InChI=1S/C17H22BrNO4/c1-6-22-9-23-19-16(21)14(15(20)17(19,4)5)13-11(3)7-10(2)8-12(13)18/h7-8,20H,6,9H2,1-5H3. The van der Waals surface area contributed by atoms with Gasteiger partial charge in [0.2, 0.25) is 0 Å². The zero-order valence-corrected chi connectivity index (χ0v) is 15.7. The summed E-state index contributed by atoms with van der Waals surface area (Å²) in [6.07, 6.45) is 0. The number of rotatable bonds is 5.